The zero-order valence-corrected chi connectivity index (χ0v) is 31.1. The second-order valence-electron chi connectivity index (χ2n) is 11.8. The minimum Gasteiger partial charge on any atom is -0.465 e. The van der Waals surface area contributed by atoms with Crippen molar-refractivity contribution in [3.63, 3.8) is 0 Å². The fraction of sp³-hybridized carbons (Fsp3) is 0.556. The first-order valence-corrected chi connectivity index (χ1v) is 19.2. The van der Waals surface area contributed by atoms with Gasteiger partial charge in [-0.05, 0) is 64.9 Å². The fourth-order valence-electron chi connectivity index (χ4n) is 4.73. The Labute approximate surface area is 304 Å². The summed E-state index contributed by atoms with van der Waals surface area (Å²) in [5, 5.41) is 18.0. The Morgan fingerprint density at radius 3 is 2.21 bits per heavy atom. The van der Waals surface area contributed by atoms with Gasteiger partial charge in [-0.2, -0.15) is 13.8 Å². The number of amides is 1. The number of hydrogen-bond donors (Lipinski definition) is 4. The minimum atomic E-state index is -4.13. The number of rotatable bonds is 25. The molecule has 1 aliphatic rings. The van der Waals surface area contributed by atoms with Gasteiger partial charge >= 0.3 is 25.3 Å². The highest BCUT2D eigenvalue weighted by molar-refractivity contribution is 7.54. The first-order chi connectivity index (χ1) is 24.9. The second kappa shape index (κ2) is 24.6. The number of unbranched alkanes of at least 4 members (excludes halogenated alkanes) is 1. The van der Waals surface area contributed by atoms with E-state index in [-0.39, 0.29) is 32.0 Å². The van der Waals surface area contributed by atoms with E-state index in [1.165, 1.54) is 13.0 Å². The number of carbonyl (C=O) groups excluding carboxylic acids is 2. The molecule has 0 aromatic carbocycles. The van der Waals surface area contributed by atoms with E-state index >= 15 is 0 Å². The van der Waals surface area contributed by atoms with Crippen molar-refractivity contribution >= 4 is 19.5 Å². The van der Waals surface area contributed by atoms with Gasteiger partial charge in [-0.3, -0.25) is 18.7 Å². The van der Waals surface area contributed by atoms with Gasteiger partial charge in [0.15, 0.2) is 6.10 Å². The van der Waals surface area contributed by atoms with Gasteiger partial charge in [0.25, 0.3) is 0 Å². The van der Waals surface area contributed by atoms with Gasteiger partial charge in [0.2, 0.25) is 12.1 Å². The second-order valence-corrected chi connectivity index (χ2v) is 13.7. The molecule has 13 nitrogen and oxygen atoms in total. The van der Waals surface area contributed by atoms with Gasteiger partial charge < -0.3 is 24.4 Å². The van der Waals surface area contributed by atoms with Crippen molar-refractivity contribution in [3.05, 3.63) is 89.2 Å². The first-order valence-electron chi connectivity index (χ1n) is 17.6. The van der Waals surface area contributed by atoms with E-state index in [0.29, 0.717) is 16.7 Å². The topological polar surface area (TPSA) is 170 Å². The molecule has 1 amide bonds. The van der Waals surface area contributed by atoms with Crippen molar-refractivity contribution in [3.8, 4) is 0 Å². The number of carbonyl (C=O) groups is 2. The quantitative estimate of drug-likeness (QED) is 0.0440. The average Bonchev–Trinajstić information content (AvgIpc) is 3.33. The Kier molecular flexibility index (Phi) is 21.1. The third-order valence-electron chi connectivity index (χ3n) is 7.46. The SMILES string of the molecule is CCC=CCC=CCC=CCC=CCC=CCCCC(=O)NCCNP(=O)(NCC(=O)OCC)OCC1OC(n2ccc(C)nc2=O)C(F)(F)C1O. The molecule has 0 bridgehead atoms. The van der Waals surface area contributed by atoms with Crippen LogP contribution in [0.4, 0.5) is 8.78 Å². The predicted molar refractivity (Wildman–Crippen MR) is 196 cm³/mol. The number of alkyl halides is 2. The van der Waals surface area contributed by atoms with Gasteiger partial charge in [0.1, 0.15) is 12.6 Å². The molecule has 1 saturated heterocycles. The largest absolute Gasteiger partial charge is 0.465 e. The lowest BCUT2D eigenvalue weighted by molar-refractivity contribution is -0.141. The predicted octanol–water partition coefficient (Wildman–Crippen LogP) is 5.35. The van der Waals surface area contributed by atoms with E-state index < -0.39 is 56.8 Å². The Bertz CT molecular complexity index is 1500. The maximum Gasteiger partial charge on any atom is 0.350 e. The summed E-state index contributed by atoms with van der Waals surface area (Å²) < 4.78 is 59.5. The molecule has 0 saturated carbocycles. The molecule has 0 spiro atoms. The van der Waals surface area contributed by atoms with Gasteiger partial charge in [0, 0.05) is 31.4 Å². The van der Waals surface area contributed by atoms with Crippen LogP contribution in [0.1, 0.15) is 77.1 Å². The van der Waals surface area contributed by atoms with E-state index in [0.717, 1.165) is 44.7 Å². The summed E-state index contributed by atoms with van der Waals surface area (Å²) in [6.07, 6.45) is 22.2. The Morgan fingerprint density at radius 1 is 1.00 bits per heavy atom. The summed E-state index contributed by atoms with van der Waals surface area (Å²) in [6, 6.07) is 1.33. The summed E-state index contributed by atoms with van der Waals surface area (Å²) in [4.78, 5) is 40.0. The van der Waals surface area contributed by atoms with Crippen LogP contribution in [-0.2, 0) is 28.2 Å². The Balaban J connectivity index is 1.74. The molecule has 290 valence electrons. The molecule has 1 aliphatic heterocycles. The van der Waals surface area contributed by atoms with E-state index in [2.05, 4.69) is 76.0 Å². The number of aliphatic hydroxyl groups is 1. The molecule has 52 heavy (non-hydrogen) atoms. The van der Waals surface area contributed by atoms with Crippen molar-refractivity contribution in [2.24, 2.45) is 0 Å². The van der Waals surface area contributed by atoms with E-state index in [4.69, 9.17) is 14.0 Å². The van der Waals surface area contributed by atoms with Crippen LogP contribution in [0.25, 0.3) is 0 Å². The lowest BCUT2D eigenvalue weighted by Crippen LogP contribution is -2.42. The maximum absolute atomic E-state index is 14.9. The Morgan fingerprint density at radius 2 is 1.62 bits per heavy atom. The zero-order valence-electron chi connectivity index (χ0n) is 30.3. The van der Waals surface area contributed by atoms with Gasteiger partial charge in [0.05, 0.1) is 13.2 Å². The number of ether oxygens (including phenoxy) is 2. The highest BCUT2D eigenvalue weighted by Gasteiger charge is 2.60. The summed E-state index contributed by atoms with van der Waals surface area (Å²) in [5.74, 6) is -4.88. The molecule has 4 N–H and O–H groups in total. The smallest absolute Gasteiger partial charge is 0.350 e. The van der Waals surface area contributed by atoms with Crippen molar-refractivity contribution in [1.82, 2.24) is 25.0 Å². The number of hydrogen-bond acceptors (Lipinski definition) is 9. The number of aromatic nitrogens is 2. The Hall–Kier alpha value is -3.59. The van der Waals surface area contributed by atoms with Crippen LogP contribution in [0, 0.1) is 6.92 Å². The minimum absolute atomic E-state index is 0.0426. The van der Waals surface area contributed by atoms with E-state index in [9.17, 15) is 32.8 Å². The molecular weight excluding hydrogens is 699 g/mol. The third kappa shape index (κ3) is 16.8. The number of aliphatic hydroxyl groups excluding tert-OH is 1. The van der Waals surface area contributed by atoms with Crippen molar-refractivity contribution in [2.45, 2.75) is 96.5 Å². The maximum atomic E-state index is 14.9. The highest BCUT2D eigenvalue weighted by atomic mass is 31.2. The molecule has 16 heteroatoms. The average molecular weight is 754 g/mol. The standard InChI is InChI=1S/C36H54F2N5O8P/c1-4-6-7-8-9-10-11-12-13-14-15-16-17-18-19-20-21-22-31(44)39-24-25-40-52(48,41-27-32(45)49-5-2)50-28-30-33(46)36(37,38)34(51-30)43-26-23-29(3)42-35(43)47/h6-7,9-10,12-13,15-16,18-19,23,26,30,33-34,46H,4-5,8,11,14,17,20-22,24-25,27-28H2,1-3H3,(H,39,44)(H2,40,41,48). The van der Waals surface area contributed by atoms with Gasteiger partial charge in [-0.15, -0.1) is 0 Å². The number of nitrogens with zero attached hydrogens (tertiary/aromatic N) is 2. The molecule has 0 radical (unpaired) electrons. The summed E-state index contributed by atoms with van der Waals surface area (Å²) in [6.45, 7) is 3.90. The first kappa shape index (κ1) is 44.6. The molecule has 2 heterocycles. The van der Waals surface area contributed by atoms with Crippen molar-refractivity contribution in [1.29, 1.82) is 0 Å². The number of aryl methyl sites for hydroxylation is 1. The number of nitrogens with one attached hydrogen (secondary N) is 3. The van der Waals surface area contributed by atoms with Crippen LogP contribution < -0.4 is 21.2 Å². The molecule has 1 fully saturated rings. The lowest BCUT2D eigenvalue weighted by Gasteiger charge is -2.23. The monoisotopic (exact) mass is 753 g/mol. The van der Waals surface area contributed by atoms with Crippen molar-refractivity contribution in [2.75, 3.05) is 32.8 Å². The lowest BCUT2D eigenvalue weighted by atomic mass is 10.1. The normalized spacial score (nSPS) is 20.2. The van der Waals surface area contributed by atoms with Crippen molar-refractivity contribution < 1.29 is 42.0 Å². The highest BCUT2D eigenvalue weighted by Crippen LogP contribution is 2.44. The summed E-state index contributed by atoms with van der Waals surface area (Å²) >= 11 is 0. The molecular formula is C36H54F2N5O8P. The molecule has 1 aromatic heterocycles. The summed E-state index contributed by atoms with van der Waals surface area (Å²) in [7, 11) is -4.13. The van der Waals surface area contributed by atoms with Crippen LogP contribution >= 0.6 is 7.67 Å². The van der Waals surface area contributed by atoms with Gasteiger partial charge in [-0.1, -0.05) is 67.7 Å². The molecule has 2 rings (SSSR count). The molecule has 4 unspecified atom stereocenters. The fourth-order valence-corrected chi connectivity index (χ4v) is 6.13. The van der Waals surface area contributed by atoms with E-state index in [1.807, 2.05) is 12.2 Å². The molecule has 4 atom stereocenters. The van der Waals surface area contributed by atoms with Crippen LogP contribution in [0.15, 0.2) is 77.8 Å². The number of allylic oxidation sites excluding steroid dienone is 10. The molecule has 0 aliphatic carbocycles. The number of esters is 1. The van der Waals surface area contributed by atoms with Gasteiger partial charge in [-0.25, -0.2) is 15.0 Å². The third-order valence-corrected chi connectivity index (χ3v) is 9.19. The zero-order chi connectivity index (χ0) is 38.2. The molecule has 1 aromatic rings. The van der Waals surface area contributed by atoms with Crippen LogP contribution in [0.2, 0.25) is 0 Å². The number of halogens is 2. The van der Waals surface area contributed by atoms with Crippen LogP contribution in [0.5, 0.6) is 0 Å². The van der Waals surface area contributed by atoms with Crippen LogP contribution in [0.3, 0.4) is 0 Å². The summed E-state index contributed by atoms with van der Waals surface area (Å²) in [5.41, 5.74) is -0.696. The van der Waals surface area contributed by atoms with Crippen LogP contribution in [-0.4, -0.2) is 77.5 Å². The van der Waals surface area contributed by atoms with E-state index in [1.54, 1.807) is 6.92 Å².